The number of carbonyl (C=O) groups is 9. The van der Waals surface area contributed by atoms with Crippen molar-refractivity contribution < 1.29 is 80.7 Å². The molecule has 4 aromatic rings. The van der Waals surface area contributed by atoms with Gasteiger partial charge in [-0.1, -0.05) is 60.7 Å². The lowest BCUT2D eigenvalue weighted by Crippen LogP contribution is -2.50. The highest BCUT2D eigenvalue weighted by atomic mass is 19.4. The van der Waals surface area contributed by atoms with Crippen LogP contribution in [0.3, 0.4) is 0 Å². The fourth-order valence-corrected chi connectivity index (χ4v) is 14.7. The molecule has 0 unspecified atom stereocenters. The van der Waals surface area contributed by atoms with Crippen molar-refractivity contribution in [1.82, 2.24) is 26.3 Å². The number of guanidine groups is 1. The summed E-state index contributed by atoms with van der Waals surface area (Å²) in [6.07, 6.45) is 4.32. The van der Waals surface area contributed by atoms with Crippen LogP contribution >= 0.6 is 0 Å². The number of alkyl carbamates (subject to hydrolysis) is 1. The maximum atomic E-state index is 14.2. The first-order valence-electron chi connectivity index (χ1n) is 45.6. The van der Waals surface area contributed by atoms with Gasteiger partial charge in [0, 0.05) is 102 Å². The summed E-state index contributed by atoms with van der Waals surface area (Å²) in [5.41, 5.74) is 54.0. The second kappa shape index (κ2) is 58.5. The minimum Gasteiger partial charge on any atom is -0.480 e. The number of ketones is 1. The molecule has 2 fully saturated rings. The molecule has 24 N–H and O–H groups in total. The quantitative estimate of drug-likeness (QED) is 0.00648. The fraction of sp³-hybridized carbons (Fsp3) is 0.585. The number of carboxylic acids is 2. The number of aliphatic imine (C=N–C) groups is 6. The van der Waals surface area contributed by atoms with E-state index in [0.717, 1.165) is 46.7 Å². The van der Waals surface area contributed by atoms with E-state index < -0.39 is 101 Å². The normalized spacial score (nSPS) is 15.7. The number of anilines is 2. The number of rotatable bonds is 47. The number of benzene rings is 3. The van der Waals surface area contributed by atoms with Crippen LogP contribution in [-0.2, 0) is 65.2 Å². The van der Waals surface area contributed by atoms with Crippen LogP contribution in [0.15, 0.2) is 115 Å². The molecule has 0 saturated carbocycles. The molecular weight excluding hydrogens is 1730 g/mol. The van der Waals surface area contributed by atoms with E-state index in [2.05, 4.69) is 74.4 Å². The number of halogens is 3. The molecule has 7 rings (SSSR count). The number of nitrogens with two attached hydrogens (primary N) is 9. The van der Waals surface area contributed by atoms with Gasteiger partial charge in [0.2, 0.25) is 17.7 Å². The zero-order chi connectivity index (χ0) is 99.8. The Labute approximate surface area is 784 Å². The highest BCUT2D eigenvalue weighted by molar-refractivity contribution is 5.91. The van der Waals surface area contributed by atoms with Crippen molar-refractivity contribution >= 4 is 100 Å². The summed E-state index contributed by atoms with van der Waals surface area (Å²) < 4.78 is 58.6. The Morgan fingerprint density at radius 1 is 0.560 bits per heavy atom. The number of nitrogens with one attached hydrogen (secondary N) is 4. The van der Waals surface area contributed by atoms with E-state index in [1.165, 1.54) is 0 Å². The van der Waals surface area contributed by atoms with Crippen LogP contribution in [0.4, 0.5) is 29.5 Å². The Bertz CT molecular complexity index is 4600. The van der Waals surface area contributed by atoms with E-state index in [4.69, 9.17) is 71.1 Å². The molecule has 40 heteroatoms. The number of nitriles is 1. The molecule has 3 heterocycles. The largest absolute Gasteiger partial charge is 0.480 e. The lowest BCUT2D eigenvalue weighted by molar-refractivity contribution is -0.159. The molecule has 2 aliphatic heterocycles. The number of alkyl halides is 3. The van der Waals surface area contributed by atoms with Gasteiger partial charge in [-0.3, -0.25) is 53.9 Å². The number of carboxylic acid groups (broad SMARTS) is 2. The van der Waals surface area contributed by atoms with E-state index in [1.54, 1.807) is 78.5 Å². The Morgan fingerprint density at radius 2 is 1.02 bits per heavy atom. The van der Waals surface area contributed by atoms with Gasteiger partial charge in [-0.05, 0) is 250 Å². The van der Waals surface area contributed by atoms with Crippen LogP contribution in [-0.4, -0.2) is 223 Å². The van der Waals surface area contributed by atoms with Gasteiger partial charge in [0.15, 0.2) is 5.96 Å². The van der Waals surface area contributed by atoms with Crippen molar-refractivity contribution in [2.45, 2.75) is 271 Å². The summed E-state index contributed by atoms with van der Waals surface area (Å²) >= 11 is 0. The lowest BCUT2D eigenvalue weighted by Gasteiger charge is -2.35. The smallest absolute Gasteiger partial charge is 0.433 e. The average molecular weight is 1880 g/mol. The zero-order valence-corrected chi connectivity index (χ0v) is 79.5. The second-order valence-corrected chi connectivity index (χ2v) is 35.4. The number of amidine groups is 5. The van der Waals surface area contributed by atoms with Crippen LogP contribution in [0.5, 0.6) is 0 Å². The highest BCUT2D eigenvalue weighted by Gasteiger charge is 2.39. The summed E-state index contributed by atoms with van der Waals surface area (Å²) in [4.78, 5) is 143. The summed E-state index contributed by atoms with van der Waals surface area (Å²) in [7, 11) is 0. The van der Waals surface area contributed by atoms with Crippen molar-refractivity contribution in [2.24, 2.45) is 93.4 Å². The van der Waals surface area contributed by atoms with Crippen LogP contribution in [0, 0.1) is 23.2 Å². The van der Waals surface area contributed by atoms with Crippen molar-refractivity contribution in [3.8, 4) is 17.2 Å². The molecule has 0 bridgehead atoms. The van der Waals surface area contributed by atoms with E-state index in [0.29, 0.717) is 189 Å². The number of pyridine rings is 1. The number of aliphatic carboxylic acids is 2. The first kappa shape index (κ1) is 114. The lowest BCUT2D eigenvalue weighted by atomic mass is 9.89. The highest BCUT2D eigenvalue weighted by Crippen LogP contribution is 2.45. The molecule has 0 radical (unpaired) electrons. The number of amides is 4. The van der Waals surface area contributed by atoms with Gasteiger partial charge < -0.3 is 107 Å². The number of Topliss-reactive ketones (excluding diaryl/α,β-unsaturated/α-hetero) is 1. The van der Waals surface area contributed by atoms with Crippen LogP contribution in [0.2, 0.25) is 0 Å². The van der Waals surface area contributed by atoms with Crippen LogP contribution < -0.4 is 82.7 Å². The van der Waals surface area contributed by atoms with Crippen molar-refractivity contribution in [3.63, 3.8) is 0 Å². The number of carbonyl (C=O) groups excluding carboxylic acids is 7. The van der Waals surface area contributed by atoms with Gasteiger partial charge in [-0.2, -0.15) is 18.4 Å². The number of hydrogen-bond acceptors (Lipinski definition) is 24. The summed E-state index contributed by atoms with van der Waals surface area (Å²) in [6, 6.07) is 22.9. The Morgan fingerprint density at radius 3 is 1.51 bits per heavy atom. The summed E-state index contributed by atoms with van der Waals surface area (Å²) in [5, 5.41) is 38.7. The molecule has 7 atom stereocenters. The molecular formula is C94H144F3N23O14. The SMILES string of the molecule is CC(N)=NCCC[C@H](N)C(=O)OC(C)(C)C.CC(N)=NCCC[C@H](NC(=O)OCC1c2ccccc2-c2ccccc21)C(=O)O.CC(N)=NCCC[C@H](NC(=O)[C@@H](N)CCCN=C(C)N)C(=O)OC(C)(C)C.CC(N)=NCCC[C@H](NC(=O)[C@H](CCCN=C(N)N)CC(=O)CCCC1CCN(c2cc(N3CCC[C@H]3C(=O)NCCc3ccc(C#N)cc3)nc(C(F)(F)F)c2)CC1)C(=O)O. The van der Waals surface area contributed by atoms with E-state index >= 15 is 0 Å². The third-order valence-electron chi connectivity index (χ3n) is 21.3. The van der Waals surface area contributed by atoms with Gasteiger partial charge in [0.25, 0.3) is 0 Å². The number of nitrogens with zero attached hydrogens (tertiary/aromatic N) is 10. The van der Waals surface area contributed by atoms with Crippen molar-refractivity contribution in [3.05, 3.63) is 113 Å². The topological polar surface area (TPSA) is 621 Å². The van der Waals surface area contributed by atoms with Crippen molar-refractivity contribution in [1.29, 1.82) is 5.26 Å². The molecule has 1 aromatic heterocycles. The number of piperidine rings is 1. The zero-order valence-electron chi connectivity index (χ0n) is 79.5. The Hall–Kier alpha value is -12.5. The van der Waals surface area contributed by atoms with E-state index in [1.807, 2.05) is 74.2 Å². The van der Waals surface area contributed by atoms with Crippen LogP contribution in [0.25, 0.3) is 11.1 Å². The van der Waals surface area contributed by atoms with Gasteiger partial charge >= 0.3 is 36.1 Å². The molecule has 4 amide bonds. The minimum atomic E-state index is -4.70. The number of hydrogen-bond donors (Lipinski definition) is 15. The molecule has 3 aromatic carbocycles. The third-order valence-corrected chi connectivity index (χ3v) is 21.3. The number of esters is 2. The number of fused-ring (bicyclic) bond motifs is 3. The molecule has 3 aliphatic rings. The third kappa shape index (κ3) is 45.3. The van der Waals surface area contributed by atoms with E-state index in [-0.39, 0.29) is 86.5 Å². The molecule has 134 heavy (non-hydrogen) atoms. The van der Waals surface area contributed by atoms with Crippen molar-refractivity contribution in [2.75, 3.05) is 81.9 Å². The maximum Gasteiger partial charge on any atom is 0.433 e. The predicted octanol–water partition coefficient (Wildman–Crippen LogP) is 8.45. The molecule has 37 nitrogen and oxygen atoms in total. The molecule has 0 spiro atoms. The second-order valence-electron chi connectivity index (χ2n) is 35.4. The molecule has 2 saturated heterocycles. The summed E-state index contributed by atoms with van der Waals surface area (Å²) in [6.45, 7) is 23.6. The van der Waals surface area contributed by atoms with Gasteiger partial charge in [0.1, 0.15) is 65.3 Å². The van der Waals surface area contributed by atoms with Crippen LogP contribution in [0.1, 0.15) is 238 Å². The number of aromatic nitrogens is 1. The van der Waals surface area contributed by atoms with Gasteiger partial charge in [0.05, 0.1) is 46.9 Å². The maximum absolute atomic E-state index is 14.2. The monoisotopic (exact) mass is 1880 g/mol. The summed E-state index contributed by atoms with van der Waals surface area (Å²) in [5.74, 6) is -2.74. The van der Waals surface area contributed by atoms with Gasteiger partial charge in [-0.15, -0.1) is 0 Å². The average Bonchev–Trinajstić information content (AvgIpc) is 1.62. The minimum absolute atomic E-state index is 0.0703. The molecule has 1 aliphatic carbocycles. The fourth-order valence-electron chi connectivity index (χ4n) is 14.7. The predicted molar refractivity (Wildman–Crippen MR) is 515 cm³/mol. The first-order valence-corrected chi connectivity index (χ1v) is 45.6. The molecule has 740 valence electrons. The van der Waals surface area contributed by atoms with Gasteiger partial charge in [-0.25, -0.2) is 24.2 Å². The Kier molecular flexibility index (Phi) is 49.6. The standard InChI is InChI=1S/C43H60F3N11O5.C22H25N3O4.C18H36N6O3.C11H23N3O2/c1-28(48)51-18-4-9-35(41(61)62)54-39(59)32(7-3-19-53-42(49)50)24-34(58)8-2-6-29-16-22-56(23-17-29)33-25-37(43(44,45)46)55-38(26-33)57-21-5-10-36(57)40(60)52-20-15-30-11-13-31(27-47)14-12-30;1-14(23)24-12-6-11-20(21(26)27)25-22(28)29-13-19-17-9-4-2-7-15(17)16-8-3-5-10-18(16)19;1-12(19)22-10-6-8-14(21)16(25)24-15(9-7-11-23-13(2)20)17(26)27-18(3,4)5;1-8(12)14-7-5-6-9(13)10(15)16-11(2,3)4/h11-14,25-26,29,32,35-36H,2-10,15-24H2,1H3,(H2,48,51)(H,52,60)(H,54,59)(H,61,62)(H4,49,50,53);2-5,7-10,19-20H,6,11-13H2,1H3,(H2,23,24)(H,25,28)(H,26,27);14-15H,6-11,21H2,1-5H3,(H2,19,22)(H2,20,23)(H,24,25);9H,5-7,13H2,1-4H3,(H2,12,14)/t32-,35+,36+;20-;14-,15-;9-/m1000/s1. The first-order chi connectivity index (χ1) is 63.1. The van der Waals surface area contributed by atoms with E-state index in [9.17, 15) is 66.5 Å². The number of ether oxygens (including phenoxy) is 3. The Balaban J connectivity index is 0.000000430.